The van der Waals surface area contributed by atoms with E-state index in [4.69, 9.17) is 11.6 Å². The topological polar surface area (TPSA) is 37.8 Å². The molecule has 1 aromatic heterocycles. The Bertz CT molecular complexity index is 593. The van der Waals surface area contributed by atoms with Crippen molar-refractivity contribution in [2.45, 2.75) is 40.2 Å². The third-order valence-electron chi connectivity index (χ3n) is 3.44. The SMILES string of the molecule is CCc1ccc(C(C)Nc2nc(C)nc(Cl)c2C)cc1. The molecule has 0 amide bonds. The van der Waals surface area contributed by atoms with Crippen molar-refractivity contribution in [3.63, 3.8) is 0 Å². The van der Waals surface area contributed by atoms with E-state index in [1.807, 2.05) is 13.8 Å². The van der Waals surface area contributed by atoms with Gasteiger partial charge in [0.2, 0.25) is 0 Å². The van der Waals surface area contributed by atoms with Gasteiger partial charge in [0.1, 0.15) is 16.8 Å². The molecule has 1 atom stereocenters. The van der Waals surface area contributed by atoms with Gasteiger partial charge in [-0.25, -0.2) is 9.97 Å². The van der Waals surface area contributed by atoms with Crippen molar-refractivity contribution in [1.29, 1.82) is 0 Å². The Balaban J connectivity index is 2.20. The normalized spacial score (nSPS) is 12.2. The molecule has 0 aliphatic carbocycles. The highest BCUT2D eigenvalue weighted by atomic mass is 35.5. The monoisotopic (exact) mass is 289 g/mol. The maximum absolute atomic E-state index is 6.10. The van der Waals surface area contributed by atoms with Gasteiger partial charge >= 0.3 is 0 Å². The van der Waals surface area contributed by atoms with Gasteiger partial charge in [0.05, 0.1) is 0 Å². The van der Waals surface area contributed by atoms with E-state index in [2.05, 4.69) is 53.4 Å². The molecule has 1 heterocycles. The van der Waals surface area contributed by atoms with Crippen LogP contribution in [-0.2, 0) is 6.42 Å². The molecule has 0 aliphatic rings. The Morgan fingerprint density at radius 1 is 1.15 bits per heavy atom. The minimum absolute atomic E-state index is 0.171. The van der Waals surface area contributed by atoms with Gasteiger partial charge in [0.25, 0.3) is 0 Å². The van der Waals surface area contributed by atoms with Gasteiger partial charge in [-0.1, -0.05) is 42.8 Å². The van der Waals surface area contributed by atoms with E-state index >= 15 is 0 Å². The lowest BCUT2D eigenvalue weighted by Crippen LogP contribution is -2.10. The Kier molecular flexibility index (Phi) is 4.61. The molecule has 3 nitrogen and oxygen atoms in total. The van der Waals surface area contributed by atoms with Crippen molar-refractivity contribution in [2.24, 2.45) is 0 Å². The molecule has 4 heteroatoms. The lowest BCUT2D eigenvalue weighted by Gasteiger charge is -2.17. The highest BCUT2D eigenvalue weighted by molar-refractivity contribution is 6.30. The van der Waals surface area contributed by atoms with Crippen LogP contribution in [0.15, 0.2) is 24.3 Å². The second kappa shape index (κ2) is 6.23. The van der Waals surface area contributed by atoms with Gasteiger partial charge in [0.15, 0.2) is 0 Å². The number of halogens is 1. The molecule has 0 radical (unpaired) electrons. The van der Waals surface area contributed by atoms with Crippen LogP contribution in [0.25, 0.3) is 0 Å². The van der Waals surface area contributed by atoms with Crippen LogP contribution in [0.1, 0.15) is 42.4 Å². The molecule has 106 valence electrons. The van der Waals surface area contributed by atoms with Gasteiger partial charge < -0.3 is 5.32 Å². The first kappa shape index (κ1) is 14.8. The number of rotatable bonds is 4. The maximum Gasteiger partial charge on any atom is 0.137 e. The highest BCUT2D eigenvalue weighted by Gasteiger charge is 2.11. The quantitative estimate of drug-likeness (QED) is 0.843. The summed E-state index contributed by atoms with van der Waals surface area (Å²) in [4.78, 5) is 8.58. The van der Waals surface area contributed by atoms with Crippen molar-refractivity contribution < 1.29 is 0 Å². The number of nitrogens with zero attached hydrogens (tertiary/aromatic N) is 2. The molecule has 2 rings (SSSR count). The molecular weight excluding hydrogens is 270 g/mol. The number of nitrogens with one attached hydrogen (secondary N) is 1. The molecule has 1 N–H and O–H groups in total. The first-order chi connectivity index (χ1) is 9.51. The van der Waals surface area contributed by atoms with Crippen molar-refractivity contribution in [3.05, 3.63) is 51.9 Å². The van der Waals surface area contributed by atoms with Crippen LogP contribution in [0, 0.1) is 13.8 Å². The highest BCUT2D eigenvalue weighted by Crippen LogP contribution is 2.24. The van der Waals surface area contributed by atoms with Gasteiger partial charge in [-0.05, 0) is 38.3 Å². The molecule has 20 heavy (non-hydrogen) atoms. The van der Waals surface area contributed by atoms with Gasteiger partial charge in [-0.3, -0.25) is 0 Å². The molecule has 0 bridgehead atoms. The zero-order valence-electron chi connectivity index (χ0n) is 12.4. The molecule has 1 unspecified atom stereocenters. The van der Waals surface area contributed by atoms with E-state index in [1.165, 1.54) is 11.1 Å². The number of aryl methyl sites for hydroxylation is 2. The summed E-state index contributed by atoms with van der Waals surface area (Å²) in [5.74, 6) is 1.48. The van der Waals surface area contributed by atoms with Crippen molar-refractivity contribution in [2.75, 3.05) is 5.32 Å². The smallest absolute Gasteiger partial charge is 0.137 e. The average Bonchev–Trinajstić information content (AvgIpc) is 2.44. The van der Waals surface area contributed by atoms with Gasteiger partial charge in [-0.2, -0.15) is 0 Å². The minimum atomic E-state index is 0.171. The van der Waals surface area contributed by atoms with E-state index < -0.39 is 0 Å². The third-order valence-corrected chi connectivity index (χ3v) is 3.81. The second-order valence-electron chi connectivity index (χ2n) is 5.00. The third kappa shape index (κ3) is 3.28. The van der Waals surface area contributed by atoms with Crippen LogP contribution in [0.4, 0.5) is 5.82 Å². The molecule has 0 aliphatic heterocycles. The Morgan fingerprint density at radius 3 is 2.40 bits per heavy atom. The van der Waals surface area contributed by atoms with Crippen molar-refractivity contribution in [1.82, 2.24) is 9.97 Å². The van der Waals surface area contributed by atoms with E-state index in [9.17, 15) is 0 Å². The van der Waals surface area contributed by atoms with Crippen LogP contribution in [0.2, 0.25) is 5.15 Å². The summed E-state index contributed by atoms with van der Waals surface area (Å²) >= 11 is 6.10. The Morgan fingerprint density at radius 2 is 1.80 bits per heavy atom. The maximum atomic E-state index is 6.10. The van der Waals surface area contributed by atoms with Gasteiger partial charge in [-0.15, -0.1) is 0 Å². The largest absolute Gasteiger partial charge is 0.363 e. The van der Waals surface area contributed by atoms with Crippen molar-refractivity contribution in [3.8, 4) is 0 Å². The first-order valence-electron chi connectivity index (χ1n) is 6.87. The van der Waals surface area contributed by atoms with Crippen LogP contribution < -0.4 is 5.32 Å². The summed E-state index contributed by atoms with van der Waals surface area (Å²) in [6.07, 6.45) is 1.06. The first-order valence-corrected chi connectivity index (χ1v) is 7.25. The lowest BCUT2D eigenvalue weighted by molar-refractivity contribution is 0.861. The molecule has 0 saturated heterocycles. The Labute approximate surface area is 125 Å². The number of hydrogen-bond donors (Lipinski definition) is 1. The van der Waals surface area contributed by atoms with E-state index in [-0.39, 0.29) is 6.04 Å². The standard InChI is InChI=1S/C16H20ClN3/c1-5-13-6-8-14(9-7-13)11(3)18-16-10(2)15(17)19-12(4)20-16/h6-9,11H,5H2,1-4H3,(H,18,19,20). The molecular formula is C16H20ClN3. The van der Waals surface area contributed by atoms with Crippen LogP contribution >= 0.6 is 11.6 Å². The molecule has 0 fully saturated rings. The fourth-order valence-electron chi connectivity index (χ4n) is 2.07. The van der Waals surface area contributed by atoms with Crippen LogP contribution in [0.5, 0.6) is 0 Å². The summed E-state index contributed by atoms with van der Waals surface area (Å²) in [5.41, 5.74) is 3.46. The number of anilines is 1. The van der Waals surface area contributed by atoms with Crippen LogP contribution in [0.3, 0.4) is 0 Å². The summed E-state index contributed by atoms with van der Waals surface area (Å²) in [6.45, 7) is 8.05. The van der Waals surface area contributed by atoms with E-state index in [0.717, 1.165) is 17.8 Å². The Hall–Kier alpha value is -1.61. The predicted octanol–water partition coefficient (Wildman–Crippen LogP) is 4.48. The number of hydrogen-bond acceptors (Lipinski definition) is 3. The summed E-state index contributed by atoms with van der Waals surface area (Å²) < 4.78 is 0. The summed E-state index contributed by atoms with van der Waals surface area (Å²) in [7, 11) is 0. The number of aromatic nitrogens is 2. The molecule has 0 saturated carbocycles. The molecule has 0 spiro atoms. The molecule has 2 aromatic rings. The summed E-state index contributed by atoms with van der Waals surface area (Å²) in [5, 5.41) is 3.92. The van der Waals surface area contributed by atoms with E-state index in [0.29, 0.717) is 11.0 Å². The van der Waals surface area contributed by atoms with E-state index in [1.54, 1.807) is 0 Å². The summed E-state index contributed by atoms with van der Waals surface area (Å²) in [6, 6.07) is 8.81. The number of benzene rings is 1. The zero-order valence-corrected chi connectivity index (χ0v) is 13.1. The molecule has 1 aromatic carbocycles. The predicted molar refractivity (Wildman–Crippen MR) is 84.4 cm³/mol. The second-order valence-corrected chi connectivity index (χ2v) is 5.35. The lowest BCUT2D eigenvalue weighted by atomic mass is 10.0. The fraction of sp³-hybridized carbons (Fsp3) is 0.375. The van der Waals surface area contributed by atoms with Gasteiger partial charge in [0, 0.05) is 11.6 Å². The average molecular weight is 290 g/mol. The minimum Gasteiger partial charge on any atom is -0.363 e. The van der Waals surface area contributed by atoms with Crippen LogP contribution in [-0.4, -0.2) is 9.97 Å². The fourth-order valence-corrected chi connectivity index (χ4v) is 2.28. The zero-order chi connectivity index (χ0) is 14.7. The van der Waals surface area contributed by atoms with Crippen molar-refractivity contribution >= 4 is 17.4 Å².